The zero-order chi connectivity index (χ0) is 20.2. The van der Waals surface area contributed by atoms with E-state index in [2.05, 4.69) is 35.7 Å². The summed E-state index contributed by atoms with van der Waals surface area (Å²) < 4.78 is 25.7. The van der Waals surface area contributed by atoms with Crippen LogP contribution in [0, 0.1) is 0 Å². The summed E-state index contributed by atoms with van der Waals surface area (Å²) in [4.78, 5) is 11.8. The maximum absolute atomic E-state index is 11.8. The Morgan fingerprint density at radius 2 is 1.90 bits per heavy atom. The molecule has 0 spiro atoms. The summed E-state index contributed by atoms with van der Waals surface area (Å²) in [5, 5.41) is 0. The molecule has 0 fully saturated rings. The number of hydrogen-bond donors (Lipinski definition) is 0. The molecule has 0 aliphatic carbocycles. The van der Waals surface area contributed by atoms with E-state index in [0.717, 1.165) is 50.0 Å². The molecule has 1 aliphatic rings. The molecule has 29 heavy (non-hydrogen) atoms. The number of nitrogens with zero attached hydrogens (tertiary/aromatic N) is 3. The molecular weight excluding hydrogens is 414 g/mol. The molecule has 0 bridgehead atoms. The van der Waals surface area contributed by atoms with Gasteiger partial charge in [-0.15, -0.1) is 4.37 Å². The summed E-state index contributed by atoms with van der Waals surface area (Å²) in [6.45, 7) is 7.24. The third-order valence-electron chi connectivity index (χ3n) is 4.82. The topological polar surface area (TPSA) is 70.5 Å². The van der Waals surface area contributed by atoms with Crippen molar-refractivity contribution >= 4 is 23.5 Å². The third kappa shape index (κ3) is 8.88. The van der Waals surface area contributed by atoms with Crippen LogP contribution in [0.15, 0.2) is 6.08 Å². The molecule has 1 aliphatic heterocycles. The highest BCUT2D eigenvalue weighted by Gasteiger charge is 2.31. The Kier molecular flexibility index (Phi) is 12.2. The number of rotatable bonds is 12. The molecule has 0 amide bonds. The highest BCUT2D eigenvalue weighted by atomic mass is 35.5. The Hall–Kier alpha value is -1.38. The van der Waals surface area contributed by atoms with Gasteiger partial charge in [0.05, 0.1) is 38.5 Å². The maximum atomic E-state index is 11.8. The minimum Gasteiger partial charge on any atom is -1.00 e. The van der Waals surface area contributed by atoms with Crippen molar-refractivity contribution in [3.63, 3.8) is 0 Å². The number of aromatic nitrogens is 2. The van der Waals surface area contributed by atoms with Crippen molar-refractivity contribution < 1.29 is 35.9 Å². The molecule has 2 rings (SSSR count). The van der Waals surface area contributed by atoms with Crippen molar-refractivity contribution in [3.05, 3.63) is 11.8 Å². The summed E-state index contributed by atoms with van der Waals surface area (Å²) >= 11 is 1.18. The second kappa shape index (κ2) is 13.8. The highest BCUT2D eigenvalue weighted by Crippen LogP contribution is 2.30. The third-order valence-corrected chi connectivity index (χ3v) is 5.33. The second-order valence-electron chi connectivity index (χ2n) is 7.57. The zero-order valence-corrected chi connectivity index (χ0v) is 19.4. The monoisotopic (exact) mass is 447 g/mol. The van der Waals surface area contributed by atoms with E-state index in [1.165, 1.54) is 31.0 Å². The van der Waals surface area contributed by atoms with Gasteiger partial charge >= 0.3 is 6.16 Å². The van der Waals surface area contributed by atoms with Crippen LogP contribution in [0.1, 0.15) is 64.5 Å². The molecule has 166 valence electrons. The maximum Gasteiger partial charge on any atom is 0.512 e. The minimum atomic E-state index is -0.588. The molecule has 0 N–H and O–H groups in total. The van der Waals surface area contributed by atoms with Gasteiger partial charge in [0.25, 0.3) is 5.88 Å². The van der Waals surface area contributed by atoms with Gasteiger partial charge in [0.15, 0.2) is 0 Å². The van der Waals surface area contributed by atoms with Gasteiger partial charge in [-0.1, -0.05) is 45.6 Å². The van der Waals surface area contributed by atoms with Gasteiger partial charge < -0.3 is 26.6 Å². The number of quaternary nitrogens is 1. The highest BCUT2D eigenvalue weighted by molar-refractivity contribution is 6.99. The Morgan fingerprint density at radius 3 is 2.66 bits per heavy atom. The average Bonchev–Trinajstić information content (AvgIpc) is 3.15. The predicted molar refractivity (Wildman–Crippen MR) is 110 cm³/mol. The van der Waals surface area contributed by atoms with Crippen molar-refractivity contribution in [3.8, 4) is 5.88 Å². The van der Waals surface area contributed by atoms with Crippen LogP contribution in [0.25, 0.3) is 5.57 Å². The van der Waals surface area contributed by atoms with Crippen LogP contribution in [0.2, 0.25) is 0 Å². The van der Waals surface area contributed by atoms with Crippen LogP contribution in [0.5, 0.6) is 5.88 Å². The molecule has 0 saturated heterocycles. The van der Waals surface area contributed by atoms with Crippen molar-refractivity contribution in [1.29, 1.82) is 0 Å². The van der Waals surface area contributed by atoms with E-state index < -0.39 is 6.16 Å². The van der Waals surface area contributed by atoms with Crippen molar-refractivity contribution in [2.45, 2.75) is 58.8 Å². The molecule has 1 aromatic heterocycles. The number of carbonyl (C=O) groups excluding carboxylic acids is 1. The first-order chi connectivity index (χ1) is 13.6. The molecular formula is C20H34ClN3O4S. The molecule has 1 aromatic rings. The lowest BCUT2D eigenvalue weighted by atomic mass is 10.1. The summed E-state index contributed by atoms with van der Waals surface area (Å²) in [6.07, 6.45) is 8.99. The Labute approximate surface area is 184 Å². The number of ether oxygens (including phenoxy) is 3. The van der Waals surface area contributed by atoms with E-state index in [4.69, 9.17) is 14.2 Å². The van der Waals surface area contributed by atoms with E-state index in [-0.39, 0.29) is 19.1 Å². The van der Waals surface area contributed by atoms with Gasteiger partial charge in [-0.25, -0.2) is 4.79 Å². The molecule has 9 heteroatoms. The quantitative estimate of drug-likeness (QED) is 0.275. The number of hydrogen-bond acceptors (Lipinski definition) is 7. The zero-order valence-electron chi connectivity index (χ0n) is 17.8. The lowest BCUT2D eigenvalue weighted by molar-refractivity contribution is -0.919. The van der Waals surface area contributed by atoms with Crippen molar-refractivity contribution in [1.82, 2.24) is 8.75 Å². The molecule has 0 aromatic carbocycles. The number of carbonyl (C=O) groups is 1. The fourth-order valence-corrected chi connectivity index (χ4v) is 3.64. The van der Waals surface area contributed by atoms with Gasteiger partial charge in [0.1, 0.15) is 12.2 Å². The Bertz CT molecular complexity index is 641. The molecule has 0 saturated carbocycles. The van der Waals surface area contributed by atoms with E-state index in [0.29, 0.717) is 23.6 Å². The van der Waals surface area contributed by atoms with Crippen molar-refractivity contribution in [2.24, 2.45) is 0 Å². The molecule has 0 radical (unpaired) electrons. The van der Waals surface area contributed by atoms with Gasteiger partial charge in [-0.3, -0.25) is 4.48 Å². The second-order valence-corrected chi connectivity index (χ2v) is 8.10. The van der Waals surface area contributed by atoms with E-state index >= 15 is 0 Å². The fourth-order valence-electron chi connectivity index (χ4n) is 3.11. The molecule has 7 nitrogen and oxygen atoms in total. The van der Waals surface area contributed by atoms with E-state index in [1.807, 2.05) is 0 Å². The van der Waals surface area contributed by atoms with E-state index in [9.17, 15) is 4.79 Å². The summed E-state index contributed by atoms with van der Waals surface area (Å²) in [5.74, 6) is 0.626. The van der Waals surface area contributed by atoms with Crippen LogP contribution >= 0.6 is 11.7 Å². The molecule has 2 heterocycles. The van der Waals surface area contributed by atoms with Crippen LogP contribution in [0.4, 0.5) is 4.79 Å². The predicted octanol–water partition coefficient (Wildman–Crippen LogP) is 1.65. The SMILES string of the molecule is CCCCCCOc1nsnc1C1=CCC[N+](C)(COC(=O)OCCCC)C1.[Cl-]. The average molecular weight is 448 g/mol. The minimum absolute atomic E-state index is 0. The van der Waals surface area contributed by atoms with Gasteiger partial charge in [0, 0.05) is 12.0 Å². The first-order valence-electron chi connectivity index (χ1n) is 10.4. The van der Waals surface area contributed by atoms with Gasteiger partial charge in [-0.2, -0.15) is 4.37 Å². The first-order valence-corrected chi connectivity index (χ1v) is 11.1. The van der Waals surface area contributed by atoms with Gasteiger partial charge in [0.2, 0.25) is 6.73 Å². The molecule has 1 atom stereocenters. The van der Waals surface area contributed by atoms with Crippen LogP contribution < -0.4 is 17.1 Å². The number of halogens is 1. The summed E-state index contributed by atoms with van der Waals surface area (Å²) in [5.41, 5.74) is 1.93. The van der Waals surface area contributed by atoms with Gasteiger partial charge in [-0.05, 0) is 12.8 Å². The first kappa shape index (κ1) is 25.7. The summed E-state index contributed by atoms with van der Waals surface area (Å²) in [7, 11) is 2.08. The fraction of sp³-hybridized carbons (Fsp3) is 0.750. The lowest BCUT2D eigenvalue weighted by Gasteiger charge is -2.36. The number of likely N-dealkylation sites (N-methyl/N-ethyl adjacent to an activating group) is 1. The van der Waals surface area contributed by atoms with Crippen LogP contribution in [-0.2, 0) is 9.47 Å². The smallest absolute Gasteiger partial charge is 0.512 e. The standard InChI is InChI=1S/C20H34N3O4S.ClH/c1-4-6-8-9-14-25-19-18(21-28-22-19)17-11-10-12-23(3,15-17)16-27-20(24)26-13-7-5-2;/h11H,4-10,12-16H2,1-3H3;1H/q+1;/p-1. The Balaban J connectivity index is 0.00000420. The lowest BCUT2D eigenvalue weighted by Crippen LogP contribution is -3.00. The van der Waals surface area contributed by atoms with Crippen LogP contribution in [0.3, 0.4) is 0 Å². The van der Waals surface area contributed by atoms with Crippen molar-refractivity contribution in [2.75, 3.05) is 40.1 Å². The number of unbranched alkanes of at least 4 members (excludes halogenated alkanes) is 4. The van der Waals surface area contributed by atoms with Crippen LogP contribution in [-0.4, -0.2) is 59.5 Å². The van der Waals surface area contributed by atoms with E-state index in [1.54, 1.807) is 0 Å². The normalized spacial score (nSPS) is 18.5. The molecule has 1 unspecified atom stereocenters. The largest absolute Gasteiger partial charge is 1.00 e. The Morgan fingerprint density at radius 1 is 1.10 bits per heavy atom. The summed E-state index contributed by atoms with van der Waals surface area (Å²) in [6, 6.07) is 0.